The van der Waals surface area contributed by atoms with Crippen LogP contribution in [0.4, 0.5) is 0 Å². The summed E-state index contributed by atoms with van der Waals surface area (Å²) in [6.07, 6.45) is 20.2. The lowest BCUT2D eigenvalue weighted by atomic mass is 9.39. The second kappa shape index (κ2) is 9.58. The molecule has 0 saturated heterocycles. The lowest BCUT2D eigenvalue weighted by molar-refractivity contribution is -0.145. The van der Waals surface area contributed by atoms with E-state index in [2.05, 4.69) is 60.6 Å². The highest BCUT2D eigenvalue weighted by Crippen LogP contribution is 2.68. The Kier molecular flexibility index (Phi) is 7.67. The predicted octanol–water partition coefficient (Wildman–Crippen LogP) is 8.65. The summed E-state index contributed by atoms with van der Waals surface area (Å²) in [7, 11) is 0. The molecule has 2 saturated carbocycles. The van der Waals surface area contributed by atoms with Crippen LogP contribution in [0, 0.1) is 34.0 Å². The largest absolute Gasteiger partial charge is 0.392 e. The van der Waals surface area contributed by atoms with E-state index in [1.165, 1.54) is 56.9 Å². The van der Waals surface area contributed by atoms with Gasteiger partial charge in [0, 0.05) is 0 Å². The number of hydrogen-bond acceptors (Lipinski definition) is 1. The molecule has 1 N–H and O–H groups in total. The third-order valence-electron chi connectivity index (χ3n) is 10.2. The van der Waals surface area contributed by atoms with Gasteiger partial charge in [0.2, 0.25) is 0 Å². The van der Waals surface area contributed by atoms with Gasteiger partial charge in [-0.1, -0.05) is 69.1 Å². The Morgan fingerprint density at radius 2 is 1.68 bits per heavy atom. The second-order valence-electron chi connectivity index (χ2n) is 12.6. The molecule has 176 valence electrons. The van der Waals surface area contributed by atoms with E-state index < -0.39 is 0 Å². The fraction of sp³-hybridized carbons (Fsp3) is 0.800. The van der Waals surface area contributed by atoms with Crippen molar-refractivity contribution in [1.82, 2.24) is 0 Å². The van der Waals surface area contributed by atoms with E-state index in [0.29, 0.717) is 16.2 Å². The second-order valence-corrected chi connectivity index (χ2v) is 12.6. The lowest BCUT2D eigenvalue weighted by Crippen LogP contribution is -2.57. The zero-order valence-corrected chi connectivity index (χ0v) is 21.7. The van der Waals surface area contributed by atoms with Crippen LogP contribution < -0.4 is 0 Å². The molecule has 0 aliphatic heterocycles. The van der Waals surface area contributed by atoms with E-state index in [4.69, 9.17) is 5.11 Å². The van der Waals surface area contributed by atoms with Gasteiger partial charge in [0.05, 0.1) is 6.61 Å². The summed E-state index contributed by atoms with van der Waals surface area (Å²) < 4.78 is 0. The van der Waals surface area contributed by atoms with E-state index in [-0.39, 0.29) is 6.61 Å². The van der Waals surface area contributed by atoms with E-state index >= 15 is 0 Å². The van der Waals surface area contributed by atoms with Crippen LogP contribution in [-0.4, -0.2) is 11.7 Å². The fourth-order valence-electron chi connectivity index (χ4n) is 8.44. The molecule has 3 rings (SSSR count). The van der Waals surface area contributed by atoms with Crippen molar-refractivity contribution in [3.05, 3.63) is 34.9 Å². The van der Waals surface area contributed by atoms with Crippen molar-refractivity contribution >= 4 is 0 Å². The first kappa shape index (κ1) is 24.8. The first-order valence-electron chi connectivity index (χ1n) is 13.1. The quantitative estimate of drug-likeness (QED) is 0.404. The summed E-state index contributed by atoms with van der Waals surface area (Å²) in [6.45, 7) is 17.5. The SMILES string of the molecule is CC1=CC[C@H]2[C@]3(C)CCCC(C)(C)[C@H]3CC[C@]2(C)[C@H]1CC/C(C)=C\CC/C(C)=C\CO. The van der Waals surface area contributed by atoms with Gasteiger partial charge in [-0.05, 0) is 113 Å². The molecule has 0 aromatic carbocycles. The van der Waals surface area contributed by atoms with Crippen LogP contribution >= 0.6 is 0 Å². The fourth-order valence-corrected chi connectivity index (χ4v) is 8.44. The highest BCUT2D eigenvalue weighted by atomic mass is 16.2. The Labute approximate surface area is 193 Å². The lowest BCUT2D eigenvalue weighted by Gasteiger charge is -2.65. The van der Waals surface area contributed by atoms with Crippen molar-refractivity contribution in [2.75, 3.05) is 6.61 Å². The number of rotatable bonds is 7. The Hall–Kier alpha value is -0.820. The molecule has 0 aromatic heterocycles. The number of hydrogen-bond donors (Lipinski definition) is 1. The molecule has 5 atom stereocenters. The standard InChI is InChI=1S/C30H50O/c1-22(10-8-11-23(2)17-21-31)12-14-25-24(3)13-15-27-29(25,6)20-16-26-28(4,5)18-9-19-30(26,27)7/h10,13,17,25-27,31H,8-9,11-12,14-16,18-21H2,1-7H3/b22-10-,23-17-/t25-,26+,27+,29+,30+/m0/s1. The van der Waals surface area contributed by atoms with Crippen LogP contribution in [0.5, 0.6) is 0 Å². The molecule has 1 heteroatoms. The molecular formula is C30H50O. The molecule has 1 nitrogen and oxygen atoms in total. The third-order valence-corrected chi connectivity index (χ3v) is 10.2. The number of fused-ring (bicyclic) bond motifs is 3. The van der Waals surface area contributed by atoms with Crippen molar-refractivity contribution < 1.29 is 5.11 Å². The van der Waals surface area contributed by atoms with E-state index in [1.54, 1.807) is 11.1 Å². The van der Waals surface area contributed by atoms with Crippen molar-refractivity contribution in [2.45, 2.75) is 113 Å². The zero-order valence-electron chi connectivity index (χ0n) is 21.7. The molecule has 0 heterocycles. The van der Waals surface area contributed by atoms with Crippen molar-refractivity contribution in [2.24, 2.45) is 34.0 Å². The number of aliphatic hydroxyl groups is 1. The average molecular weight is 427 g/mol. The summed E-state index contributed by atoms with van der Waals surface area (Å²) in [5.41, 5.74) is 6.03. The van der Waals surface area contributed by atoms with Gasteiger partial charge in [-0.2, -0.15) is 0 Å². The van der Waals surface area contributed by atoms with Crippen LogP contribution in [0.15, 0.2) is 34.9 Å². The average Bonchev–Trinajstić information content (AvgIpc) is 2.66. The van der Waals surface area contributed by atoms with Gasteiger partial charge in [-0.25, -0.2) is 0 Å². The Bertz CT molecular complexity index is 723. The summed E-state index contributed by atoms with van der Waals surface area (Å²) in [4.78, 5) is 0. The smallest absolute Gasteiger partial charge is 0.0614 e. The van der Waals surface area contributed by atoms with Crippen LogP contribution in [-0.2, 0) is 0 Å². The summed E-state index contributed by atoms with van der Waals surface area (Å²) in [5.74, 6) is 2.49. The first-order valence-corrected chi connectivity index (χ1v) is 13.1. The van der Waals surface area contributed by atoms with Crippen molar-refractivity contribution in [3.63, 3.8) is 0 Å². The monoisotopic (exact) mass is 426 g/mol. The molecule has 0 radical (unpaired) electrons. The van der Waals surface area contributed by atoms with Crippen molar-refractivity contribution in [3.8, 4) is 0 Å². The van der Waals surface area contributed by atoms with Gasteiger partial charge in [-0.3, -0.25) is 0 Å². The molecule has 3 aliphatic carbocycles. The van der Waals surface area contributed by atoms with Gasteiger partial charge in [-0.15, -0.1) is 0 Å². The molecule has 0 spiro atoms. The minimum atomic E-state index is 0.165. The van der Waals surface area contributed by atoms with Gasteiger partial charge in [0.25, 0.3) is 0 Å². The highest BCUT2D eigenvalue weighted by Gasteiger charge is 2.60. The summed E-state index contributed by atoms with van der Waals surface area (Å²) in [5, 5.41) is 9.04. The molecule has 31 heavy (non-hydrogen) atoms. The third kappa shape index (κ3) is 4.92. The maximum Gasteiger partial charge on any atom is 0.0614 e. The zero-order chi connectivity index (χ0) is 22.9. The molecule has 2 fully saturated rings. The van der Waals surface area contributed by atoms with Crippen LogP contribution in [0.1, 0.15) is 113 Å². The Morgan fingerprint density at radius 3 is 2.39 bits per heavy atom. The topological polar surface area (TPSA) is 20.2 Å². The van der Waals surface area contributed by atoms with Gasteiger partial charge < -0.3 is 5.11 Å². The molecule has 0 bridgehead atoms. The highest BCUT2D eigenvalue weighted by molar-refractivity contribution is 5.21. The van der Waals surface area contributed by atoms with Gasteiger partial charge in [0.1, 0.15) is 0 Å². The van der Waals surface area contributed by atoms with E-state index in [0.717, 1.165) is 30.6 Å². The summed E-state index contributed by atoms with van der Waals surface area (Å²) >= 11 is 0. The molecule has 0 amide bonds. The van der Waals surface area contributed by atoms with E-state index in [1.807, 2.05) is 6.08 Å². The minimum Gasteiger partial charge on any atom is -0.392 e. The Balaban J connectivity index is 1.72. The molecule has 0 unspecified atom stereocenters. The molecular weight excluding hydrogens is 376 g/mol. The molecule has 3 aliphatic rings. The van der Waals surface area contributed by atoms with Gasteiger partial charge >= 0.3 is 0 Å². The predicted molar refractivity (Wildman–Crippen MR) is 135 cm³/mol. The normalized spacial score (nSPS) is 38.3. The first-order chi connectivity index (χ1) is 14.5. The van der Waals surface area contributed by atoms with Crippen LogP contribution in [0.25, 0.3) is 0 Å². The maximum atomic E-state index is 9.04. The molecule has 0 aromatic rings. The number of allylic oxidation sites excluding steroid dienone is 5. The minimum absolute atomic E-state index is 0.165. The number of aliphatic hydroxyl groups excluding tert-OH is 1. The Morgan fingerprint density at radius 1 is 0.968 bits per heavy atom. The van der Waals surface area contributed by atoms with Crippen LogP contribution in [0.2, 0.25) is 0 Å². The van der Waals surface area contributed by atoms with Crippen molar-refractivity contribution in [1.29, 1.82) is 0 Å². The van der Waals surface area contributed by atoms with E-state index in [9.17, 15) is 0 Å². The summed E-state index contributed by atoms with van der Waals surface area (Å²) in [6, 6.07) is 0. The maximum absolute atomic E-state index is 9.04. The van der Waals surface area contributed by atoms with Crippen LogP contribution in [0.3, 0.4) is 0 Å². The van der Waals surface area contributed by atoms with Gasteiger partial charge in [0.15, 0.2) is 0 Å².